The summed E-state index contributed by atoms with van der Waals surface area (Å²) in [7, 11) is 0. The first-order valence-electron chi connectivity index (χ1n) is 9.04. The first-order valence-corrected chi connectivity index (χ1v) is 9.86. The number of hydrogen-bond donors (Lipinski definition) is 1. The molecule has 0 unspecified atom stereocenters. The molecule has 5 rings (SSSR count). The van der Waals surface area contributed by atoms with Crippen molar-refractivity contribution in [3.05, 3.63) is 95.7 Å². The molecular weight excluding hydrogens is 382 g/mol. The normalized spacial score (nSPS) is 15.3. The Hall–Kier alpha value is -3.77. The Kier molecular flexibility index (Phi) is 4.18. The summed E-state index contributed by atoms with van der Waals surface area (Å²) in [6, 6.07) is 24.2. The first-order chi connectivity index (χ1) is 14.2. The van der Waals surface area contributed by atoms with Crippen LogP contribution in [0.15, 0.2) is 89.6 Å². The Morgan fingerprint density at radius 1 is 0.897 bits per heavy atom. The number of amidine groups is 1. The lowest BCUT2D eigenvalue weighted by Gasteiger charge is -2.14. The van der Waals surface area contributed by atoms with Crippen LogP contribution in [0.4, 0.5) is 5.13 Å². The van der Waals surface area contributed by atoms with Crippen LogP contribution in [0.25, 0.3) is 16.3 Å². The average molecular weight is 397 g/mol. The van der Waals surface area contributed by atoms with E-state index in [-0.39, 0.29) is 17.4 Å². The Morgan fingerprint density at radius 2 is 1.62 bits per heavy atom. The SMILES string of the molecule is O=C1/C(=C/c2ccccc2O)N=C(c2ccccc2)N1c1nc2ccccc2s1. The van der Waals surface area contributed by atoms with Crippen LogP contribution in [0.1, 0.15) is 11.1 Å². The molecule has 1 N–H and O–H groups in total. The average Bonchev–Trinajstić information content (AvgIpc) is 3.31. The number of nitrogens with zero attached hydrogens (tertiary/aromatic N) is 3. The van der Waals surface area contributed by atoms with E-state index in [4.69, 9.17) is 0 Å². The van der Waals surface area contributed by atoms with Crippen LogP contribution < -0.4 is 4.90 Å². The predicted octanol–water partition coefficient (Wildman–Crippen LogP) is 4.84. The van der Waals surface area contributed by atoms with E-state index >= 15 is 0 Å². The third-order valence-electron chi connectivity index (χ3n) is 4.60. The molecule has 29 heavy (non-hydrogen) atoms. The number of benzene rings is 3. The van der Waals surface area contributed by atoms with Gasteiger partial charge in [0.1, 0.15) is 17.3 Å². The van der Waals surface area contributed by atoms with E-state index in [1.807, 2.05) is 54.6 Å². The standard InChI is InChI=1S/C23H15N3O2S/c27-19-12-6-4-10-16(19)14-18-22(28)26(21(24-18)15-8-2-1-3-9-15)23-25-17-11-5-7-13-20(17)29-23/h1-14,27H/b18-14-. The van der Waals surface area contributed by atoms with Crippen molar-refractivity contribution in [2.24, 2.45) is 4.99 Å². The van der Waals surface area contributed by atoms with Crippen molar-refractivity contribution in [1.82, 2.24) is 4.98 Å². The molecule has 0 spiro atoms. The number of hydrogen-bond acceptors (Lipinski definition) is 5. The number of aliphatic imine (C=N–C) groups is 1. The number of anilines is 1. The summed E-state index contributed by atoms with van der Waals surface area (Å²) in [5.41, 5.74) is 2.45. The minimum Gasteiger partial charge on any atom is -0.507 e. The number of phenols is 1. The molecule has 0 aliphatic carbocycles. The van der Waals surface area contributed by atoms with Gasteiger partial charge in [-0.15, -0.1) is 0 Å². The maximum absolute atomic E-state index is 13.3. The number of carbonyl (C=O) groups is 1. The van der Waals surface area contributed by atoms with Crippen molar-refractivity contribution in [3.63, 3.8) is 0 Å². The van der Waals surface area contributed by atoms with Crippen LogP contribution in [0.2, 0.25) is 0 Å². The number of rotatable bonds is 3. The molecule has 1 aromatic heterocycles. The van der Waals surface area contributed by atoms with E-state index in [2.05, 4.69) is 9.98 Å². The zero-order valence-electron chi connectivity index (χ0n) is 15.2. The van der Waals surface area contributed by atoms with Crippen molar-refractivity contribution in [3.8, 4) is 5.75 Å². The maximum Gasteiger partial charge on any atom is 0.284 e. The van der Waals surface area contributed by atoms with Gasteiger partial charge < -0.3 is 5.11 Å². The van der Waals surface area contributed by atoms with E-state index in [1.165, 1.54) is 11.3 Å². The van der Waals surface area contributed by atoms with Gasteiger partial charge in [0.2, 0.25) is 0 Å². The zero-order valence-corrected chi connectivity index (χ0v) is 16.0. The fourth-order valence-electron chi connectivity index (χ4n) is 3.19. The van der Waals surface area contributed by atoms with E-state index < -0.39 is 0 Å². The van der Waals surface area contributed by atoms with Crippen LogP contribution >= 0.6 is 11.3 Å². The monoisotopic (exact) mass is 397 g/mol. The van der Waals surface area contributed by atoms with Gasteiger partial charge in [-0.05, 0) is 24.3 Å². The Morgan fingerprint density at radius 3 is 2.41 bits per heavy atom. The molecule has 0 bridgehead atoms. The van der Waals surface area contributed by atoms with Gasteiger partial charge in [-0.3, -0.25) is 4.79 Å². The zero-order chi connectivity index (χ0) is 19.8. The fraction of sp³-hybridized carbons (Fsp3) is 0. The number of amides is 1. The summed E-state index contributed by atoms with van der Waals surface area (Å²) >= 11 is 1.44. The smallest absolute Gasteiger partial charge is 0.284 e. The topological polar surface area (TPSA) is 65.8 Å². The molecule has 0 saturated carbocycles. The number of para-hydroxylation sites is 2. The van der Waals surface area contributed by atoms with Crippen LogP contribution in [0.3, 0.4) is 0 Å². The Labute approximate surface area is 170 Å². The summed E-state index contributed by atoms with van der Waals surface area (Å²) in [6.07, 6.45) is 1.61. The quantitative estimate of drug-likeness (QED) is 0.503. The lowest BCUT2D eigenvalue weighted by Crippen LogP contribution is -2.32. The molecule has 0 fully saturated rings. The van der Waals surface area contributed by atoms with Gasteiger partial charge in [0.15, 0.2) is 5.13 Å². The van der Waals surface area contributed by atoms with Gasteiger partial charge in [0.05, 0.1) is 10.2 Å². The summed E-state index contributed by atoms with van der Waals surface area (Å²) in [6.45, 7) is 0. The Bertz CT molecular complexity index is 1260. The van der Waals surface area contributed by atoms with Gasteiger partial charge in [-0.2, -0.15) is 0 Å². The lowest BCUT2D eigenvalue weighted by molar-refractivity contribution is -0.113. The first kappa shape index (κ1) is 17.3. The molecule has 1 aliphatic heterocycles. The molecular formula is C23H15N3O2S. The van der Waals surface area contributed by atoms with Gasteiger partial charge in [-0.1, -0.05) is 72.0 Å². The van der Waals surface area contributed by atoms with Crippen LogP contribution in [-0.2, 0) is 4.79 Å². The number of fused-ring (bicyclic) bond motifs is 1. The number of aromatic nitrogens is 1. The second-order valence-electron chi connectivity index (χ2n) is 6.49. The highest BCUT2D eigenvalue weighted by Crippen LogP contribution is 2.34. The lowest BCUT2D eigenvalue weighted by atomic mass is 10.1. The van der Waals surface area contributed by atoms with E-state index in [1.54, 1.807) is 35.2 Å². The third-order valence-corrected chi connectivity index (χ3v) is 5.62. The molecule has 1 amide bonds. The number of thiazole rings is 1. The van der Waals surface area contributed by atoms with Gasteiger partial charge in [0, 0.05) is 11.1 Å². The van der Waals surface area contributed by atoms with Crippen molar-refractivity contribution in [2.75, 3.05) is 4.90 Å². The third kappa shape index (κ3) is 3.09. The molecule has 1 aliphatic rings. The molecule has 0 atom stereocenters. The molecule has 140 valence electrons. The second kappa shape index (κ2) is 7.00. The van der Waals surface area contributed by atoms with Crippen LogP contribution in [-0.4, -0.2) is 21.8 Å². The van der Waals surface area contributed by atoms with Crippen LogP contribution in [0.5, 0.6) is 5.75 Å². The van der Waals surface area contributed by atoms with Crippen molar-refractivity contribution < 1.29 is 9.90 Å². The molecule has 0 radical (unpaired) electrons. The van der Waals surface area contributed by atoms with Gasteiger partial charge in [-0.25, -0.2) is 14.9 Å². The van der Waals surface area contributed by atoms with E-state index in [0.29, 0.717) is 16.5 Å². The highest BCUT2D eigenvalue weighted by Gasteiger charge is 2.34. The minimum absolute atomic E-state index is 0.0997. The molecule has 5 nitrogen and oxygen atoms in total. The molecule has 6 heteroatoms. The summed E-state index contributed by atoms with van der Waals surface area (Å²) in [4.78, 5) is 24.1. The number of phenolic OH excluding ortho intramolecular Hbond substituents is 1. The van der Waals surface area contributed by atoms with E-state index in [0.717, 1.165) is 15.8 Å². The fourth-order valence-corrected chi connectivity index (χ4v) is 4.15. The number of aromatic hydroxyl groups is 1. The molecule has 4 aromatic rings. The summed E-state index contributed by atoms with van der Waals surface area (Å²) < 4.78 is 1.00. The Balaban J connectivity index is 1.66. The van der Waals surface area contributed by atoms with Gasteiger partial charge >= 0.3 is 0 Å². The molecule has 0 saturated heterocycles. The highest BCUT2D eigenvalue weighted by atomic mass is 32.1. The number of carbonyl (C=O) groups excluding carboxylic acids is 1. The maximum atomic E-state index is 13.3. The minimum atomic E-state index is -0.272. The van der Waals surface area contributed by atoms with Crippen molar-refractivity contribution >= 4 is 44.5 Å². The highest BCUT2D eigenvalue weighted by molar-refractivity contribution is 7.22. The van der Waals surface area contributed by atoms with Crippen molar-refractivity contribution in [1.29, 1.82) is 0 Å². The van der Waals surface area contributed by atoms with Crippen LogP contribution in [0, 0.1) is 0 Å². The molecule has 3 aromatic carbocycles. The van der Waals surface area contributed by atoms with Crippen molar-refractivity contribution in [2.45, 2.75) is 0 Å². The van der Waals surface area contributed by atoms with Gasteiger partial charge in [0.25, 0.3) is 5.91 Å². The summed E-state index contributed by atoms with van der Waals surface area (Å²) in [5, 5.41) is 10.7. The summed E-state index contributed by atoms with van der Waals surface area (Å²) in [5.74, 6) is 0.352. The largest absolute Gasteiger partial charge is 0.507 e. The predicted molar refractivity (Wildman–Crippen MR) is 116 cm³/mol. The molecule has 2 heterocycles. The second-order valence-corrected chi connectivity index (χ2v) is 7.50. The van der Waals surface area contributed by atoms with E-state index in [9.17, 15) is 9.90 Å².